The van der Waals surface area contributed by atoms with E-state index in [1.807, 2.05) is 32.0 Å². The van der Waals surface area contributed by atoms with Crippen molar-refractivity contribution >= 4 is 16.0 Å². The second-order valence-electron chi connectivity index (χ2n) is 6.96. The van der Waals surface area contributed by atoms with Crippen LogP contribution in [0.15, 0.2) is 47.5 Å². The van der Waals surface area contributed by atoms with Gasteiger partial charge in [0.2, 0.25) is 10.0 Å². The van der Waals surface area contributed by atoms with Crippen molar-refractivity contribution in [3.63, 3.8) is 0 Å². The van der Waals surface area contributed by atoms with E-state index in [1.165, 1.54) is 12.6 Å². The van der Waals surface area contributed by atoms with Gasteiger partial charge in [-0.2, -0.15) is 0 Å². The molecule has 0 atom stereocenters. The molecular weight excluding hydrogens is 400 g/mol. The molecule has 7 nitrogen and oxygen atoms in total. The van der Waals surface area contributed by atoms with Gasteiger partial charge in [0.1, 0.15) is 5.75 Å². The molecule has 30 heavy (non-hydrogen) atoms. The van der Waals surface area contributed by atoms with Crippen LogP contribution in [0.25, 0.3) is 0 Å². The quantitative estimate of drug-likeness (QED) is 0.396. The Bertz CT molecular complexity index is 959. The minimum Gasteiger partial charge on any atom is -0.496 e. The highest BCUT2D eigenvalue weighted by Crippen LogP contribution is 2.19. The fraction of sp³-hybridized carbons (Fsp3) is 0.409. The van der Waals surface area contributed by atoms with Gasteiger partial charge in [-0.3, -0.25) is 0 Å². The highest BCUT2D eigenvalue weighted by atomic mass is 32.2. The number of rotatable bonds is 10. The van der Waals surface area contributed by atoms with Gasteiger partial charge in [-0.25, -0.2) is 18.1 Å². The summed E-state index contributed by atoms with van der Waals surface area (Å²) in [6.45, 7) is 6.00. The number of nitrogens with one attached hydrogen (secondary N) is 3. The predicted molar refractivity (Wildman–Crippen MR) is 122 cm³/mol. The van der Waals surface area contributed by atoms with Gasteiger partial charge in [-0.15, -0.1) is 0 Å². The molecule has 0 unspecified atom stereocenters. The minimum absolute atomic E-state index is 0.0423. The first kappa shape index (κ1) is 23.7. The maximum Gasteiger partial charge on any atom is 0.215 e. The van der Waals surface area contributed by atoms with Crippen molar-refractivity contribution in [3.8, 4) is 5.75 Å². The van der Waals surface area contributed by atoms with Crippen molar-refractivity contribution < 1.29 is 13.2 Å². The summed E-state index contributed by atoms with van der Waals surface area (Å²) in [5.74, 6) is 1.58. The molecule has 0 aromatic heterocycles. The van der Waals surface area contributed by atoms with Crippen LogP contribution in [0, 0.1) is 6.92 Å². The number of aliphatic imine (C=N–C) groups is 1. The zero-order chi connectivity index (χ0) is 22.0. The first-order valence-corrected chi connectivity index (χ1v) is 11.7. The number of hydrogen-bond donors (Lipinski definition) is 3. The summed E-state index contributed by atoms with van der Waals surface area (Å²) in [4.78, 5) is 4.63. The van der Waals surface area contributed by atoms with Crippen LogP contribution in [0.3, 0.4) is 0 Å². The third-order valence-corrected chi connectivity index (χ3v) is 5.94. The summed E-state index contributed by atoms with van der Waals surface area (Å²) in [7, 11) is -0.190. The van der Waals surface area contributed by atoms with Crippen LogP contribution in [0.5, 0.6) is 5.75 Å². The third kappa shape index (κ3) is 7.68. The molecule has 0 aliphatic heterocycles. The van der Waals surface area contributed by atoms with Crippen LogP contribution < -0.4 is 20.1 Å². The predicted octanol–water partition coefficient (Wildman–Crippen LogP) is 2.35. The molecule has 0 radical (unpaired) electrons. The Morgan fingerprint density at radius 3 is 2.53 bits per heavy atom. The number of aryl methyl sites for hydroxylation is 1. The maximum atomic E-state index is 11.8. The van der Waals surface area contributed by atoms with E-state index in [2.05, 4.69) is 38.5 Å². The molecule has 3 N–H and O–H groups in total. The zero-order valence-corrected chi connectivity index (χ0v) is 19.0. The van der Waals surface area contributed by atoms with Crippen LogP contribution >= 0.6 is 0 Å². The van der Waals surface area contributed by atoms with Gasteiger partial charge in [0.25, 0.3) is 0 Å². The van der Waals surface area contributed by atoms with Gasteiger partial charge in [-0.1, -0.05) is 36.4 Å². The molecule has 0 spiro atoms. The van der Waals surface area contributed by atoms with Gasteiger partial charge in [0, 0.05) is 13.1 Å². The van der Waals surface area contributed by atoms with Crippen LogP contribution in [-0.4, -0.2) is 41.6 Å². The number of ether oxygens (including phenoxy) is 1. The average molecular weight is 433 g/mol. The van der Waals surface area contributed by atoms with Crippen molar-refractivity contribution in [2.75, 3.05) is 27.2 Å². The van der Waals surface area contributed by atoms with Crippen molar-refractivity contribution in [1.29, 1.82) is 0 Å². The van der Waals surface area contributed by atoms with E-state index in [0.29, 0.717) is 6.54 Å². The number of benzene rings is 2. The van der Waals surface area contributed by atoms with Gasteiger partial charge in [-0.05, 0) is 55.6 Å². The standard InChI is InChI=1S/C22H32N4O3S/c1-5-24-22(25-12-11-18-10-9-17(2)21(14-18)29-4)26-15-19-7-6-8-20(13-19)16-30(27,28)23-3/h6-10,13-14,23H,5,11-12,15-16H2,1-4H3,(H2,24,25,26). The highest BCUT2D eigenvalue weighted by molar-refractivity contribution is 7.88. The molecule has 2 rings (SSSR count). The Hall–Kier alpha value is -2.58. The molecule has 0 saturated heterocycles. The normalized spacial score (nSPS) is 11.9. The largest absolute Gasteiger partial charge is 0.496 e. The second kappa shape index (κ2) is 11.6. The van der Waals surface area contributed by atoms with Gasteiger partial charge in [0.15, 0.2) is 5.96 Å². The Balaban J connectivity index is 1.97. The maximum absolute atomic E-state index is 11.8. The molecule has 0 saturated carbocycles. The molecule has 2 aromatic rings. The van der Waals surface area contributed by atoms with Crippen molar-refractivity contribution in [2.45, 2.75) is 32.6 Å². The number of methoxy groups -OCH3 is 1. The SMILES string of the molecule is CCNC(=NCc1cccc(CS(=O)(=O)NC)c1)NCCc1ccc(C)c(OC)c1. The molecule has 0 heterocycles. The molecular formula is C22H32N4O3S. The second-order valence-corrected chi connectivity index (χ2v) is 8.89. The molecule has 2 aromatic carbocycles. The van der Waals surface area contributed by atoms with E-state index >= 15 is 0 Å². The molecule has 8 heteroatoms. The van der Waals surface area contributed by atoms with Crippen LogP contribution in [0.1, 0.15) is 29.2 Å². The lowest BCUT2D eigenvalue weighted by Crippen LogP contribution is -2.38. The van der Waals surface area contributed by atoms with E-state index in [1.54, 1.807) is 13.2 Å². The number of hydrogen-bond acceptors (Lipinski definition) is 4. The van der Waals surface area contributed by atoms with Crippen molar-refractivity contribution in [2.24, 2.45) is 4.99 Å². The topological polar surface area (TPSA) is 91.8 Å². The monoisotopic (exact) mass is 432 g/mol. The third-order valence-electron chi connectivity index (χ3n) is 4.60. The lowest BCUT2D eigenvalue weighted by atomic mass is 10.1. The molecule has 0 aliphatic rings. The smallest absolute Gasteiger partial charge is 0.215 e. The Morgan fingerprint density at radius 1 is 1.07 bits per heavy atom. The van der Waals surface area contributed by atoms with Gasteiger partial charge < -0.3 is 15.4 Å². The number of sulfonamides is 1. The molecule has 0 aliphatic carbocycles. The molecule has 0 fully saturated rings. The van der Waals surface area contributed by atoms with E-state index in [-0.39, 0.29) is 5.75 Å². The number of nitrogens with zero attached hydrogens (tertiary/aromatic N) is 1. The van der Waals surface area contributed by atoms with E-state index in [9.17, 15) is 8.42 Å². The Labute approximate surface area is 180 Å². The van der Waals surface area contributed by atoms with Crippen LogP contribution in [0.4, 0.5) is 0 Å². The zero-order valence-electron chi connectivity index (χ0n) is 18.2. The fourth-order valence-corrected chi connectivity index (χ4v) is 3.73. The average Bonchev–Trinajstić information content (AvgIpc) is 2.73. The summed E-state index contributed by atoms with van der Waals surface area (Å²) >= 11 is 0. The van der Waals surface area contributed by atoms with Crippen molar-refractivity contribution in [3.05, 3.63) is 64.7 Å². The lowest BCUT2D eigenvalue weighted by molar-refractivity contribution is 0.411. The molecule has 164 valence electrons. The van der Waals surface area contributed by atoms with E-state index in [4.69, 9.17) is 4.74 Å². The van der Waals surface area contributed by atoms with Crippen LogP contribution in [0.2, 0.25) is 0 Å². The first-order valence-electron chi connectivity index (χ1n) is 10.0. The summed E-state index contributed by atoms with van der Waals surface area (Å²) < 4.78 is 31.2. The fourth-order valence-electron chi connectivity index (χ4n) is 2.97. The Kier molecular flexibility index (Phi) is 9.14. The molecule has 0 bridgehead atoms. The van der Waals surface area contributed by atoms with Crippen LogP contribution in [-0.2, 0) is 28.7 Å². The lowest BCUT2D eigenvalue weighted by Gasteiger charge is -2.12. The van der Waals surface area contributed by atoms with E-state index in [0.717, 1.165) is 47.9 Å². The summed E-state index contributed by atoms with van der Waals surface area (Å²) in [6.07, 6.45) is 0.846. The molecule has 0 amide bonds. The number of guanidine groups is 1. The van der Waals surface area contributed by atoms with Crippen molar-refractivity contribution in [1.82, 2.24) is 15.4 Å². The summed E-state index contributed by atoms with van der Waals surface area (Å²) in [5.41, 5.74) is 4.01. The Morgan fingerprint density at radius 2 is 1.83 bits per heavy atom. The van der Waals surface area contributed by atoms with Gasteiger partial charge >= 0.3 is 0 Å². The minimum atomic E-state index is -3.29. The highest BCUT2D eigenvalue weighted by Gasteiger charge is 2.09. The van der Waals surface area contributed by atoms with Gasteiger partial charge in [0.05, 0.1) is 19.4 Å². The first-order chi connectivity index (χ1) is 14.4. The summed E-state index contributed by atoms with van der Waals surface area (Å²) in [6, 6.07) is 13.7. The van der Waals surface area contributed by atoms with E-state index < -0.39 is 10.0 Å². The summed E-state index contributed by atoms with van der Waals surface area (Å²) in [5, 5.41) is 6.59.